The Morgan fingerprint density at radius 2 is 2.55 bits per heavy atom. The maximum absolute atomic E-state index is 10.9. The molecule has 0 aromatic heterocycles. The monoisotopic (exact) mass is 158 g/mol. The van der Waals surface area contributed by atoms with Crippen molar-refractivity contribution in [2.75, 3.05) is 13.2 Å². The number of urea groups is 1. The van der Waals surface area contributed by atoms with E-state index in [2.05, 4.69) is 10.6 Å². The molecule has 1 rings (SSSR count). The summed E-state index contributed by atoms with van der Waals surface area (Å²) in [6.07, 6.45) is 1.90. The number of hydrogen-bond donors (Lipinski definition) is 2. The second-order valence-electron chi connectivity index (χ2n) is 2.51. The van der Waals surface area contributed by atoms with Gasteiger partial charge in [0, 0.05) is 13.2 Å². The van der Waals surface area contributed by atoms with Gasteiger partial charge < -0.3 is 15.4 Å². The molecule has 0 aliphatic carbocycles. The summed E-state index contributed by atoms with van der Waals surface area (Å²) in [6.45, 7) is 3.30. The summed E-state index contributed by atoms with van der Waals surface area (Å²) in [5, 5.41) is 5.35. The Kier molecular flexibility index (Phi) is 3.16. The zero-order valence-electron chi connectivity index (χ0n) is 6.72. The molecular formula is C7H14N2O2. The molecule has 0 radical (unpaired) electrons. The molecule has 1 aliphatic heterocycles. The van der Waals surface area contributed by atoms with Gasteiger partial charge in [0.2, 0.25) is 0 Å². The summed E-state index contributed by atoms with van der Waals surface area (Å²) < 4.78 is 5.20. The minimum Gasteiger partial charge on any atom is -0.358 e. The first kappa shape index (κ1) is 8.33. The van der Waals surface area contributed by atoms with E-state index in [1.165, 1.54) is 0 Å². The molecule has 1 fully saturated rings. The molecule has 1 aliphatic rings. The van der Waals surface area contributed by atoms with Gasteiger partial charge in [0.25, 0.3) is 0 Å². The summed E-state index contributed by atoms with van der Waals surface area (Å²) in [5.74, 6) is 0. The number of ether oxygens (including phenoxy) is 1. The van der Waals surface area contributed by atoms with Crippen molar-refractivity contribution >= 4 is 6.03 Å². The fourth-order valence-electron chi connectivity index (χ4n) is 1.05. The van der Waals surface area contributed by atoms with Gasteiger partial charge in [0.1, 0.15) is 6.23 Å². The second kappa shape index (κ2) is 4.18. The number of carbonyl (C=O) groups is 1. The number of hydrogen-bond acceptors (Lipinski definition) is 2. The van der Waals surface area contributed by atoms with E-state index in [4.69, 9.17) is 4.74 Å². The lowest BCUT2D eigenvalue weighted by Crippen LogP contribution is -2.41. The van der Waals surface area contributed by atoms with Gasteiger partial charge in [-0.3, -0.25) is 0 Å². The fraction of sp³-hybridized carbons (Fsp3) is 0.857. The molecule has 2 amide bonds. The van der Waals surface area contributed by atoms with Gasteiger partial charge in [-0.15, -0.1) is 0 Å². The molecule has 0 spiro atoms. The minimum absolute atomic E-state index is 0.0680. The molecule has 1 saturated heterocycles. The average molecular weight is 158 g/mol. The van der Waals surface area contributed by atoms with Crippen molar-refractivity contribution in [1.82, 2.24) is 10.6 Å². The molecule has 0 saturated carbocycles. The molecule has 2 N–H and O–H groups in total. The van der Waals surface area contributed by atoms with E-state index in [-0.39, 0.29) is 12.3 Å². The first-order valence-corrected chi connectivity index (χ1v) is 3.99. The number of nitrogens with one attached hydrogen (secondary N) is 2. The van der Waals surface area contributed by atoms with Crippen LogP contribution in [0.3, 0.4) is 0 Å². The van der Waals surface area contributed by atoms with Crippen LogP contribution in [0.25, 0.3) is 0 Å². The Hall–Kier alpha value is -0.770. The van der Waals surface area contributed by atoms with Crippen molar-refractivity contribution in [2.45, 2.75) is 26.0 Å². The van der Waals surface area contributed by atoms with Crippen molar-refractivity contribution in [2.24, 2.45) is 0 Å². The molecule has 1 heterocycles. The van der Waals surface area contributed by atoms with Gasteiger partial charge in [-0.05, 0) is 19.8 Å². The van der Waals surface area contributed by atoms with Gasteiger partial charge in [-0.25, -0.2) is 4.79 Å². The van der Waals surface area contributed by atoms with E-state index in [1.807, 2.05) is 6.92 Å². The lowest BCUT2D eigenvalue weighted by molar-refractivity contribution is 0.0908. The van der Waals surface area contributed by atoms with Crippen LogP contribution in [0.4, 0.5) is 4.79 Å². The minimum atomic E-state index is -0.139. The predicted molar refractivity (Wildman–Crippen MR) is 41.2 cm³/mol. The number of carbonyl (C=O) groups excluding carboxylic acids is 1. The Bertz CT molecular complexity index is 132. The van der Waals surface area contributed by atoms with Crippen molar-refractivity contribution in [3.8, 4) is 0 Å². The van der Waals surface area contributed by atoms with Crippen LogP contribution in [-0.4, -0.2) is 25.4 Å². The third-order valence-corrected chi connectivity index (χ3v) is 1.56. The third kappa shape index (κ3) is 2.76. The maximum atomic E-state index is 10.9. The van der Waals surface area contributed by atoms with Crippen LogP contribution < -0.4 is 10.6 Å². The Morgan fingerprint density at radius 3 is 3.09 bits per heavy atom. The lowest BCUT2D eigenvalue weighted by Gasteiger charge is -2.11. The third-order valence-electron chi connectivity index (χ3n) is 1.56. The normalized spacial score (nSPS) is 23.2. The second-order valence-corrected chi connectivity index (χ2v) is 2.51. The molecular weight excluding hydrogens is 144 g/mol. The van der Waals surface area contributed by atoms with Gasteiger partial charge in [-0.1, -0.05) is 0 Å². The van der Waals surface area contributed by atoms with E-state index in [1.54, 1.807) is 0 Å². The molecule has 4 heteroatoms. The molecule has 0 aromatic rings. The van der Waals surface area contributed by atoms with E-state index in [0.717, 1.165) is 19.4 Å². The van der Waals surface area contributed by atoms with Crippen LogP contribution in [0, 0.1) is 0 Å². The molecule has 0 bridgehead atoms. The molecule has 64 valence electrons. The van der Waals surface area contributed by atoms with Crippen LogP contribution in [0.2, 0.25) is 0 Å². The van der Waals surface area contributed by atoms with Crippen LogP contribution in [0.15, 0.2) is 0 Å². The Labute approximate surface area is 66.3 Å². The zero-order valence-corrected chi connectivity index (χ0v) is 6.72. The fourth-order valence-corrected chi connectivity index (χ4v) is 1.05. The zero-order chi connectivity index (χ0) is 8.10. The maximum Gasteiger partial charge on any atom is 0.316 e. The topological polar surface area (TPSA) is 50.4 Å². The number of amides is 2. The largest absolute Gasteiger partial charge is 0.358 e. The van der Waals surface area contributed by atoms with Crippen molar-refractivity contribution < 1.29 is 9.53 Å². The van der Waals surface area contributed by atoms with Gasteiger partial charge in [0.05, 0.1) is 0 Å². The molecule has 4 nitrogen and oxygen atoms in total. The Morgan fingerprint density at radius 1 is 1.73 bits per heavy atom. The summed E-state index contributed by atoms with van der Waals surface area (Å²) in [5.41, 5.74) is 0. The van der Waals surface area contributed by atoms with Crippen LogP contribution >= 0.6 is 0 Å². The highest BCUT2D eigenvalue weighted by Crippen LogP contribution is 2.08. The smallest absolute Gasteiger partial charge is 0.316 e. The SMILES string of the molecule is CCNC(=O)NC1CCCO1. The molecule has 11 heavy (non-hydrogen) atoms. The highest BCUT2D eigenvalue weighted by Gasteiger charge is 2.16. The molecule has 0 aromatic carbocycles. The first-order chi connectivity index (χ1) is 5.33. The van der Waals surface area contributed by atoms with E-state index >= 15 is 0 Å². The van der Waals surface area contributed by atoms with Crippen LogP contribution in [0.1, 0.15) is 19.8 Å². The molecule has 1 unspecified atom stereocenters. The van der Waals surface area contributed by atoms with Crippen LogP contribution in [-0.2, 0) is 4.74 Å². The molecule has 1 atom stereocenters. The van der Waals surface area contributed by atoms with E-state index in [0.29, 0.717) is 6.54 Å². The van der Waals surface area contributed by atoms with Crippen molar-refractivity contribution in [3.63, 3.8) is 0 Å². The first-order valence-electron chi connectivity index (χ1n) is 3.99. The summed E-state index contributed by atoms with van der Waals surface area (Å²) in [7, 11) is 0. The van der Waals surface area contributed by atoms with Crippen LogP contribution in [0.5, 0.6) is 0 Å². The number of rotatable bonds is 2. The standard InChI is InChI=1S/C7H14N2O2/c1-2-8-7(10)9-6-4-3-5-11-6/h6H,2-5H2,1H3,(H2,8,9,10). The van der Waals surface area contributed by atoms with Crippen molar-refractivity contribution in [1.29, 1.82) is 0 Å². The van der Waals surface area contributed by atoms with Gasteiger partial charge in [0.15, 0.2) is 0 Å². The quantitative estimate of drug-likeness (QED) is 0.612. The Balaban J connectivity index is 2.13. The summed E-state index contributed by atoms with van der Waals surface area (Å²) in [6, 6.07) is -0.139. The van der Waals surface area contributed by atoms with E-state index in [9.17, 15) is 4.79 Å². The summed E-state index contributed by atoms with van der Waals surface area (Å²) >= 11 is 0. The highest BCUT2D eigenvalue weighted by atomic mass is 16.5. The lowest BCUT2D eigenvalue weighted by atomic mass is 10.3. The summed E-state index contributed by atoms with van der Waals surface area (Å²) in [4.78, 5) is 10.9. The predicted octanol–water partition coefficient (Wildman–Crippen LogP) is 0.442. The van der Waals surface area contributed by atoms with E-state index < -0.39 is 0 Å². The van der Waals surface area contributed by atoms with Gasteiger partial charge in [-0.2, -0.15) is 0 Å². The average Bonchev–Trinajstić information content (AvgIpc) is 2.40. The van der Waals surface area contributed by atoms with Crippen molar-refractivity contribution in [3.05, 3.63) is 0 Å². The highest BCUT2D eigenvalue weighted by molar-refractivity contribution is 5.73. The van der Waals surface area contributed by atoms with Gasteiger partial charge >= 0.3 is 6.03 Å².